The summed E-state index contributed by atoms with van der Waals surface area (Å²) in [7, 11) is 0. The lowest BCUT2D eigenvalue weighted by Crippen LogP contribution is -2.10. The molecule has 4 aromatic carbocycles. The maximum absolute atomic E-state index is 13.8. The van der Waals surface area contributed by atoms with Gasteiger partial charge in [0.2, 0.25) is 0 Å². The molecule has 8 rings (SSSR count). The smallest absolute Gasteiger partial charge is 0.383 e. The molecule has 4 heterocycles. The van der Waals surface area contributed by atoms with Crippen LogP contribution in [0.1, 0.15) is 27.0 Å². The van der Waals surface area contributed by atoms with E-state index in [2.05, 4.69) is 25.0 Å². The lowest BCUT2D eigenvalue weighted by atomic mass is 9.98. The molecule has 4 aromatic heterocycles. The van der Waals surface area contributed by atoms with E-state index in [0.717, 1.165) is 12.1 Å². The van der Waals surface area contributed by atoms with E-state index in [1.165, 1.54) is 42.7 Å². The molecule has 0 aliphatic rings. The predicted molar refractivity (Wildman–Crippen MR) is 211 cm³/mol. The van der Waals surface area contributed by atoms with Crippen LogP contribution in [-0.4, -0.2) is 36.0 Å². The maximum Gasteiger partial charge on any atom is 0.417 e. The molecule has 0 amide bonds. The van der Waals surface area contributed by atoms with Gasteiger partial charge in [0.05, 0.1) is 55.5 Å². The summed E-state index contributed by atoms with van der Waals surface area (Å²) in [4.78, 5) is 28.4. The fourth-order valence-corrected chi connectivity index (χ4v) is 7.40. The largest absolute Gasteiger partial charge is 0.417 e. The van der Waals surface area contributed by atoms with Crippen LogP contribution < -0.4 is 5.73 Å². The molecule has 0 unspecified atom stereocenters. The Morgan fingerprint density at radius 3 is 1.82 bits per heavy atom. The van der Waals surface area contributed by atoms with E-state index in [4.69, 9.17) is 28.9 Å². The van der Waals surface area contributed by atoms with Crippen LogP contribution in [0.2, 0.25) is 10.0 Å². The van der Waals surface area contributed by atoms with Gasteiger partial charge in [0.25, 0.3) is 0 Å². The predicted octanol–water partition coefficient (Wildman–Crippen LogP) is 11.3. The molecule has 17 heteroatoms. The molecule has 0 spiro atoms. The first-order valence-electron chi connectivity index (χ1n) is 16.2. The third-order valence-electron chi connectivity index (χ3n) is 8.64. The number of para-hydroxylation sites is 2. The number of pyridine rings is 2. The number of rotatable bonds is 5. The SMILES string of the molecule is Nc1ncnc2c1c(I)nn2Cc1cc2cccc(Cl)c2nc1-c1ccccc1C(F)(F)F.O=Cc1cc2cccc(Cl)c2nc1-c1ccccc1C(F)(F)F. The second-order valence-corrected chi connectivity index (χ2v) is 14.0. The number of halogens is 9. The maximum atomic E-state index is 13.8. The number of aldehydes is 1. The van der Waals surface area contributed by atoms with Crippen molar-refractivity contribution in [3.8, 4) is 22.5 Å². The number of anilines is 1. The highest BCUT2D eigenvalue weighted by molar-refractivity contribution is 14.1. The molecule has 0 aliphatic heterocycles. The first-order valence-corrected chi connectivity index (χ1v) is 18.1. The van der Waals surface area contributed by atoms with Gasteiger partial charge in [-0.1, -0.05) is 83.9 Å². The Bertz CT molecular complexity index is 2810. The quantitative estimate of drug-likeness (QED) is 0.104. The molecule has 0 aliphatic carbocycles. The Labute approximate surface area is 336 Å². The second-order valence-electron chi connectivity index (χ2n) is 12.2. The lowest BCUT2D eigenvalue weighted by Gasteiger charge is -2.16. The number of carbonyl (C=O) groups is 1. The summed E-state index contributed by atoms with van der Waals surface area (Å²) in [6, 6.07) is 23.8. The average molecular weight is 916 g/mol. The van der Waals surface area contributed by atoms with Crippen LogP contribution in [0.3, 0.4) is 0 Å². The number of fused-ring (bicyclic) bond motifs is 3. The highest BCUT2D eigenvalue weighted by Crippen LogP contribution is 2.40. The zero-order chi connectivity index (χ0) is 39.9. The van der Waals surface area contributed by atoms with Crippen LogP contribution in [0.15, 0.2) is 103 Å². The van der Waals surface area contributed by atoms with Crippen LogP contribution in [-0.2, 0) is 18.9 Å². The molecule has 282 valence electrons. The van der Waals surface area contributed by atoms with Gasteiger partial charge in [-0.2, -0.15) is 31.4 Å². The van der Waals surface area contributed by atoms with Crippen molar-refractivity contribution in [3.05, 3.63) is 139 Å². The van der Waals surface area contributed by atoms with Crippen LogP contribution >= 0.6 is 45.8 Å². The van der Waals surface area contributed by atoms with E-state index in [1.807, 2.05) is 28.7 Å². The van der Waals surface area contributed by atoms with Crippen LogP contribution in [0, 0.1) is 3.70 Å². The Balaban J connectivity index is 0.000000183. The number of nitrogen functional groups attached to an aromatic ring is 1. The first kappa shape index (κ1) is 38.9. The van der Waals surface area contributed by atoms with Crippen molar-refractivity contribution >= 4 is 90.7 Å². The number of nitrogens with zero attached hydrogens (tertiary/aromatic N) is 6. The molecule has 0 atom stereocenters. The summed E-state index contributed by atoms with van der Waals surface area (Å²) in [5.41, 5.74) is 6.16. The number of hydrogen-bond acceptors (Lipinski definition) is 7. The zero-order valence-corrected chi connectivity index (χ0v) is 31.8. The number of hydrogen-bond donors (Lipinski definition) is 1. The van der Waals surface area contributed by atoms with Crippen LogP contribution in [0.25, 0.3) is 55.4 Å². The highest BCUT2D eigenvalue weighted by atomic mass is 127. The summed E-state index contributed by atoms with van der Waals surface area (Å²) in [6.45, 7) is 0.118. The Morgan fingerprint density at radius 2 is 1.25 bits per heavy atom. The van der Waals surface area contributed by atoms with Gasteiger partial charge in [-0.3, -0.25) is 4.79 Å². The van der Waals surface area contributed by atoms with Gasteiger partial charge in [-0.15, -0.1) is 0 Å². The molecule has 0 saturated heterocycles. The van der Waals surface area contributed by atoms with Crippen molar-refractivity contribution in [3.63, 3.8) is 0 Å². The summed E-state index contributed by atoms with van der Waals surface area (Å²) in [5.74, 6) is 0.279. The highest BCUT2D eigenvalue weighted by Gasteiger charge is 2.35. The van der Waals surface area contributed by atoms with E-state index in [-0.39, 0.29) is 40.4 Å². The van der Waals surface area contributed by atoms with Gasteiger partial charge in [-0.25, -0.2) is 24.6 Å². The van der Waals surface area contributed by atoms with Gasteiger partial charge in [0, 0.05) is 33.0 Å². The van der Waals surface area contributed by atoms with Gasteiger partial charge in [0.1, 0.15) is 15.8 Å². The van der Waals surface area contributed by atoms with Crippen LogP contribution in [0.4, 0.5) is 32.2 Å². The third kappa shape index (κ3) is 7.57. The first-order chi connectivity index (χ1) is 26.7. The molecule has 56 heavy (non-hydrogen) atoms. The monoisotopic (exact) mass is 915 g/mol. The van der Waals surface area contributed by atoms with Crippen molar-refractivity contribution in [1.82, 2.24) is 29.7 Å². The molecule has 0 saturated carbocycles. The number of aromatic nitrogens is 6. The number of benzene rings is 4. The molecule has 0 radical (unpaired) electrons. The number of nitrogens with two attached hydrogens (primary N) is 1. The lowest BCUT2D eigenvalue weighted by molar-refractivity contribution is -0.137. The summed E-state index contributed by atoms with van der Waals surface area (Å²) >= 11 is 14.4. The second kappa shape index (κ2) is 15.3. The van der Waals surface area contributed by atoms with E-state index in [9.17, 15) is 31.1 Å². The standard InChI is InChI=1S/C22H13ClF3IN6.C17H9ClF3NO/c23-15-7-3-4-11-8-12(9-33-21-16(19(27)32-33)20(28)29-10-30-21)17(31-18(11)15)13-5-1-2-6-14(13)22(24,25)26;18-14-7-3-4-10-8-11(9-23)15(22-16(10)14)12-5-1-2-6-13(12)17(19,20)21/h1-8,10H,9H2,(H2,28,29,30);1-9H. The number of carbonyl (C=O) groups excluding carboxylic acids is 1. The average Bonchev–Trinajstić information content (AvgIpc) is 3.49. The van der Waals surface area contributed by atoms with Crippen molar-refractivity contribution in [2.75, 3.05) is 5.73 Å². The fraction of sp³-hybridized carbons (Fsp3) is 0.0769. The van der Waals surface area contributed by atoms with Gasteiger partial charge in [-0.05, 0) is 59.0 Å². The Kier molecular flexibility index (Phi) is 10.6. The Morgan fingerprint density at radius 1 is 0.714 bits per heavy atom. The third-order valence-corrected chi connectivity index (χ3v) is 10.0. The van der Waals surface area contributed by atoms with Crippen molar-refractivity contribution in [2.45, 2.75) is 18.9 Å². The fourth-order valence-electron chi connectivity index (χ4n) is 6.18. The van der Waals surface area contributed by atoms with E-state index in [1.54, 1.807) is 47.1 Å². The molecule has 2 N–H and O–H groups in total. The zero-order valence-electron chi connectivity index (χ0n) is 28.2. The van der Waals surface area contributed by atoms with Gasteiger partial charge >= 0.3 is 12.4 Å². The molecule has 8 nitrogen and oxygen atoms in total. The summed E-state index contributed by atoms with van der Waals surface area (Å²) in [5, 5.41) is 7.04. The van der Waals surface area contributed by atoms with Gasteiger partial charge < -0.3 is 5.73 Å². The molecule has 0 bridgehead atoms. The molecule has 0 fully saturated rings. The minimum Gasteiger partial charge on any atom is -0.383 e. The molecular formula is C39H22Cl2F6IN7O. The van der Waals surface area contributed by atoms with Crippen molar-refractivity contribution < 1.29 is 31.1 Å². The Hall–Kier alpha value is -5.39. The van der Waals surface area contributed by atoms with E-state index in [0.29, 0.717) is 58.4 Å². The summed E-state index contributed by atoms with van der Waals surface area (Å²) in [6.07, 6.45) is -7.28. The normalized spacial score (nSPS) is 11.9. The van der Waals surface area contributed by atoms with Crippen molar-refractivity contribution in [2.24, 2.45) is 0 Å². The number of alkyl halides is 6. The molecule has 8 aromatic rings. The van der Waals surface area contributed by atoms with Crippen molar-refractivity contribution in [1.29, 1.82) is 0 Å². The van der Waals surface area contributed by atoms with E-state index < -0.39 is 23.5 Å². The minimum atomic E-state index is -4.56. The van der Waals surface area contributed by atoms with E-state index >= 15 is 0 Å². The van der Waals surface area contributed by atoms with Gasteiger partial charge in [0.15, 0.2) is 11.9 Å². The molecular weight excluding hydrogens is 894 g/mol. The van der Waals surface area contributed by atoms with Crippen LogP contribution in [0.5, 0.6) is 0 Å². The summed E-state index contributed by atoms with van der Waals surface area (Å²) < 4.78 is 83.4. The topological polar surface area (TPSA) is 112 Å². The minimum absolute atomic E-state index is 0.0338.